The first-order chi connectivity index (χ1) is 10.6. The Kier molecular flexibility index (Phi) is 5.11. The highest BCUT2D eigenvalue weighted by molar-refractivity contribution is 6.03. The summed E-state index contributed by atoms with van der Waals surface area (Å²) >= 11 is 0. The van der Waals surface area contributed by atoms with E-state index in [1.165, 1.54) is 0 Å². The number of hydrogen-bond acceptors (Lipinski definition) is 4. The van der Waals surface area contributed by atoms with Gasteiger partial charge in [-0.3, -0.25) is 15.0 Å². The highest BCUT2D eigenvalue weighted by Crippen LogP contribution is 2.15. The van der Waals surface area contributed by atoms with E-state index in [0.29, 0.717) is 11.4 Å². The molecule has 0 aliphatic rings. The van der Waals surface area contributed by atoms with E-state index in [1.807, 2.05) is 24.5 Å². The van der Waals surface area contributed by atoms with Gasteiger partial charge in [-0.05, 0) is 31.2 Å². The normalized spacial score (nSPS) is 9.91. The van der Waals surface area contributed by atoms with Crippen molar-refractivity contribution in [2.24, 2.45) is 5.84 Å². The molecule has 4 N–H and O–H groups in total. The van der Waals surface area contributed by atoms with Crippen LogP contribution in [0.4, 0.5) is 5.69 Å². The number of hydrazine groups is 1. The number of amides is 2. The van der Waals surface area contributed by atoms with Crippen molar-refractivity contribution in [1.82, 2.24) is 5.43 Å². The number of para-hydroxylation sites is 1. The van der Waals surface area contributed by atoms with Gasteiger partial charge >= 0.3 is 0 Å². The molecule has 0 saturated carbocycles. The van der Waals surface area contributed by atoms with E-state index in [2.05, 4.69) is 5.32 Å². The zero-order chi connectivity index (χ0) is 15.9. The highest BCUT2D eigenvalue weighted by atomic mass is 16.5. The number of hydrogen-bond donors (Lipinski definition) is 3. The van der Waals surface area contributed by atoms with Crippen LogP contribution in [-0.2, 0) is 4.79 Å². The molecule has 0 aliphatic carbocycles. The second-order valence-corrected chi connectivity index (χ2v) is 4.67. The van der Waals surface area contributed by atoms with Crippen LogP contribution in [-0.4, -0.2) is 18.4 Å². The number of nitrogens with one attached hydrogen (secondary N) is 2. The zero-order valence-corrected chi connectivity index (χ0v) is 12.1. The predicted molar refractivity (Wildman–Crippen MR) is 83.4 cm³/mol. The fourth-order valence-corrected chi connectivity index (χ4v) is 1.84. The Morgan fingerprint density at radius 1 is 1.09 bits per heavy atom. The van der Waals surface area contributed by atoms with E-state index < -0.39 is 5.91 Å². The van der Waals surface area contributed by atoms with Gasteiger partial charge in [0.05, 0.1) is 11.3 Å². The summed E-state index contributed by atoms with van der Waals surface area (Å²) < 4.78 is 5.38. The van der Waals surface area contributed by atoms with Gasteiger partial charge in [-0.25, -0.2) is 5.84 Å². The van der Waals surface area contributed by atoms with E-state index in [4.69, 9.17) is 10.6 Å². The van der Waals surface area contributed by atoms with Crippen molar-refractivity contribution in [3.63, 3.8) is 0 Å². The van der Waals surface area contributed by atoms with E-state index in [0.717, 1.165) is 5.56 Å². The fraction of sp³-hybridized carbons (Fsp3) is 0.125. The molecule has 6 heteroatoms. The summed E-state index contributed by atoms with van der Waals surface area (Å²) in [4.78, 5) is 23.5. The van der Waals surface area contributed by atoms with E-state index in [9.17, 15) is 9.59 Å². The molecule has 6 nitrogen and oxygen atoms in total. The third-order valence-corrected chi connectivity index (χ3v) is 2.97. The minimum atomic E-state index is -0.477. The van der Waals surface area contributed by atoms with Gasteiger partial charge in [-0.2, -0.15) is 0 Å². The average molecular weight is 299 g/mol. The molecule has 2 aromatic rings. The fourth-order valence-electron chi connectivity index (χ4n) is 1.84. The topological polar surface area (TPSA) is 93.4 Å². The van der Waals surface area contributed by atoms with E-state index in [1.54, 1.807) is 36.4 Å². The van der Waals surface area contributed by atoms with Crippen molar-refractivity contribution in [2.75, 3.05) is 11.9 Å². The van der Waals surface area contributed by atoms with Crippen LogP contribution in [0.2, 0.25) is 0 Å². The maximum absolute atomic E-state index is 11.9. The monoisotopic (exact) mass is 299 g/mol. The second kappa shape index (κ2) is 7.24. The SMILES string of the molecule is Cc1ccc(OCC(=O)Nc2ccccc2C(=O)NN)cc1. The molecule has 0 radical (unpaired) electrons. The first-order valence-electron chi connectivity index (χ1n) is 6.69. The minimum absolute atomic E-state index is 0.151. The Hall–Kier alpha value is -2.86. The molecule has 0 saturated heterocycles. The number of nitrogen functional groups attached to an aromatic ring is 1. The number of ether oxygens (including phenoxy) is 1. The van der Waals surface area contributed by atoms with Gasteiger partial charge < -0.3 is 10.1 Å². The van der Waals surface area contributed by atoms with Crippen molar-refractivity contribution in [2.45, 2.75) is 6.92 Å². The van der Waals surface area contributed by atoms with Crippen LogP contribution >= 0.6 is 0 Å². The van der Waals surface area contributed by atoms with Crippen molar-refractivity contribution in [3.8, 4) is 5.75 Å². The number of carbonyl (C=O) groups is 2. The summed E-state index contributed by atoms with van der Waals surface area (Å²) in [5, 5.41) is 2.63. The van der Waals surface area contributed by atoms with E-state index >= 15 is 0 Å². The van der Waals surface area contributed by atoms with Crippen LogP contribution in [0.15, 0.2) is 48.5 Å². The number of nitrogens with two attached hydrogens (primary N) is 1. The Balaban J connectivity index is 1.97. The Morgan fingerprint density at radius 2 is 1.77 bits per heavy atom. The molecule has 0 heterocycles. The summed E-state index contributed by atoms with van der Waals surface area (Å²) in [6, 6.07) is 14.0. The standard InChI is InChI=1S/C16H17N3O3/c1-11-6-8-12(9-7-11)22-10-15(20)18-14-5-3-2-4-13(14)16(21)19-17/h2-9H,10,17H2,1H3,(H,18,20)(H,19,21). The lowest BCUT2D eigenvalue weighted by atomic mass is 10.1. The van der Waals surface area contributed by atoms with Gasteiger partial charge in [0.1, 0.15) is 5.75 Å². The molecule has 0 unspecified atom stereocenters. The molecule has 0 aliphatic heterocycles. The van der Waals surface area contributed by atoms with Crippen molar-refractivity contribution >= 4 is 17.5 Å². The lowest BCUT2D eigenvalue weighted by Crippen LogP contribution is -2.31. The number of rotatable bonds is 5. The summed E-state index contributed by atoms with van der Waals surface area (Å²) in [6.45, 7) is 1.82. The number of anilines is 1. The van der Waals surface area contributed by atoms with Gasteiger partial charge in [0, 0.05) is 0 Å². The number of aryl methyl sites for hydroxylation is 1. The molecule has 0 atom stereocenters. The smallest absolute Gasteiger partial charge is 0.267 e. The van der Waals surface area contributed by atoms with Gasteiger partial charge in [0.2, 0.25) is 0 Å². The molecular formula is C16H17N3O3. The molecule has 114 valence electrons. The van der Waals surface area contributed by atoms with Crippen LogP contribution in [0.1, 0.15) is 15.9 Å². The van der Waals surface area contributed by atoms with E-state index in [-0.39, 0.29) is 18.1 Å². The minimum Gasteiger partial charge on any atom is -0.484 e. The molecule has 0 aromatic heterocycles. The van der Waals surface area contributed by atoms with Gasteiger partial charge in [0.25, 0.3) is 11.8 Å². The van der Waals surface area contributed by atoms with Gasteiger partial charge in [-0.15, -0.1) is 0 Å². The molecule has 0 spiro atoms. The largest absolute Gasteiger partial charge is 0.484 e. The lowest BCUT2D eigenvalue weighted by Gasteiger charge is -2.10. The second-order valence-electron chi connectivity index (χ2n) is 4.67. The first-order valence-corrected chi connectivity index (χ1v) is 6.69. The predicted octanol–water partition coefficient (Wildman–Crippen LogP) is 1.62. The molecule has 2 aromatic carbocycles. The molecule has 2 amide bonds. The Morgan fingerprint density at radius 3 is 2.45 bits per heavy atom. The summed E-state index contributed by atoms with van der Waals surface area (Å²) in [5.74, 6) is 4.88. The van der Waals surface area contributed by atoms with Gasteiger partial charge in [0.15, 0.2) is 6.61 Å². The summed E-state index contributed by atoms with van der Waals surface area (Å²) in [7, 11) is 0. The third-order valence-electron chi connectivity index (χ3n) is 2.97. The van der Waals surface area contributed by atoms with Crippen molar-refractivity contribution < 1.29 is 14.3 Å². The first kappa shape index (κ1) is 15.5. The molecule has 0 bridgehead atoms. The lowest BCUT2D eigenvalue weighted by molar-refractivity contribution is -0.118. The maximum atomic E-state index is 11.9. The Bertz CT molecular complexity index is 669. The molecule has 22 heavy (non-hydrogen) atoms. The number of benzene rings is 2. The Labute approximate surface area is 128 Å². The van der Waals surface area contributed by atoms with Crippen LogP contribution in [0.25, 0.3) is 0 Å². The van der Waals surface area contributed by atoms with Crippen LogP contribution in [0.5, 0.6) is 5.75 Å². The quantitative estimate of drug-likeness (QED) is 0.444. The van der Waals surface area contributed by atoms with Gasteiger partial charge in [-0.1, -0.05) is 29.8 Å². The molecular weight excluding hydrogens is 282 g/mol. The van der Waals surface area contributed by atoms with Crippen molar-refractivity contribution in [1.29, 1.82) is 0 Å². The van der Waals surface area contributed by atoms with Crippen molar-refractivity contribution in [3.05, 3.63) is 59.7 Å². The number of carbonyl (C=O) groups excluding carboxylic acids is 2. The average Bonchev–Trinajstić information content (AvgIpc) is 2.54. The summed E-state index contributed by atoms with van der Waals surface area (Å²) in [6.07, 6.45) is 0. The highest BCUT2D eigenvalue weighted by Gasteiger charge is 2.12. The third kappa shape index (κ3) is 4.07. The maximum Gasteiger partial charge on any atom is 0.267 e. The summed E-state index contributed by atoms with van der Waals surface area (Å²) in [5.41, 5.74) is 3.81. The zero-order valence-electron chi connectivity index (χ0n) is 12.1. The van der Waals surface area contributed by atoms with Crippen LogP contribution < -0.4 is 21.3 Å². The van der Waals surface area contributed by atoms with Crippen LogP contribution in [0, 0.1) is 6.92 Å². The molecule has 2 rings (SSSR count). The van der Waals surface area contributed by atoms with Crippen LogP contribution in [0.3, 0.4) is 0 Å². The molecule has 0 fully saturated rings.